The van der Waals surface area contributed by atoms with Crippen LogP contribution in [0.15, 0.2) is 77.2 Å². The van der Waals surface area contributed by atoms with Crippen molar-refractivity contribution in [2.24, 2.45) is 5.10 Å². The molecule has 25 heavy (non-hydrogen) atoms. The monoisotopic (exact) mass is 348 g/mol. The van der Waals surface area contributed by atoms with E-state index in [1.807, 2.05) is 53.9 Å². The molecule has 0 fully saturated rings. The molecule has 3 aromatic rings. The van der Waals surface area contributed by atoms with Crippen LogP contribution in [0, 0.1) is 0 Å². The number of hydrazone groups is 1. The van der Waals surface area contributed by atoms with Crippen LogP contribution in [0.25, 0.3) is 0 Å². The van der Waals surface area contributed by atoms with Gasteiger partial charge in [0.2, 0.25) is 0 Å². The number of phenolic OH excluding ortho intramolecular Hbond substituents is 1. The van der Waals surface area contributed by atoms with Gasteiger partial charge in [-0.3, -0.25) is 4.79 Å². The van der Waals surface area contributed by atoms with Crippen LogP contribution >= 0.6 is 11.3 Å². The molecule has 1 aromatic heterocycles. The molecule has 124 valence electrons. The lowest BCUT2D eigenvalue weighted by molar-refractivity contribution is 0.0714. The molecule has 0 saturated carbocycles. The number of para-hydroxylation sites is 1. The summed E-state index contributed by atoms with van der Waals surface area (Å²) in [5.41, 5.74) is 2.55. The van der Waals surface area contributed by atoms with Crippen LogP contribution in [0.3, 0.4) is 0 Å². The molecular weight excluding hydrogens is 332 g/mol. The molecule has 2 heterocycles. The summed E-state index contributed by atoms with van der Waals surface area (Å²) in [4.78, 5) is 13.6. The number of amides is 1. The van der Waals surface area contributed by atoms with Crippen molar-refractivity contribution in [2.75, 3.05) is 0 Å². The molecule has 1 N–H and O–H groups in total. The molecule has 5 heteroatoms. The van der Waals surface area contributed by atoms with E-state index in [1.54, 1.807) is 18.2 Å². The van der Waals surface area contributed by atoms with Crippen molar-refractivity contribution in [3.05, 3.63) is 88.1 Å². The Hall–Kier alpha value is -2.92. The van der Waals surface area contributed by atoms with Gasteiger partial charge in [0.05, 0.1) is 16.6 Å². The van der Waals surface area contributed by atoms with Crippen molar-refractivity contribution in [1.82, 2.24) is 5.01 Å². The Kier molecular flexibility index (Phi) is 4.07. The first-order valence-corrected chi connectivity index (χ1v) is 8.90. The van der Waals surface area contributed by atoms with E-state index in [9.17, 15) is 9.90 Å². The molecule has 1 aliphatic rings. The van der Waals surface area contributed by atoms with Crippen molar-refractivity contribution < 1.29 is 9.90 Å². The zero-order chi connectivity index (χ0) is 17.2. The number of aromatic hydroxyl groups is 1. The van der Waals surface area contributed by atoms with E-state index < -0.39 is 0 Å². The van der Waals surface area contributed by atoms with Crippen molar-refractivity contribution in [3.63, 3.8) is 0 Å². The zero-order valence-electron chi connectivity index (χ0n) is 13.4. The quantitative estimate of drug-likeness (QED) is 0.760. The van der Waals surface area contributed by atoms with Crippen molar-refractivity contribution in [2.45, 2.75) is 12.5 Å². The second-order valence-corrected chi connectivity index (χ2v) is 6.77. The third-order valence-electron chi connectivity index (χ3n) is 4.25. The summed E-state index contributed by atoms with van der Waals surface area (Å²) in [6, 6.07) is 20.3. The average Bonchev–Trinajstić information content (AvgIpc) is 3.32. The number of hydrogen-bond donors (Lipinski definition) is 1. The van der Waals surface area contributed by atoms with Gasteiger partial charge < -0.3 is 5.11 Å². The maximum atomic E-state index is 12.9. The third-order valence-corrected chi connectivity index (χ3v) is 5.11. The zero-order valence-corrected chi connectivity index (χ0v) is 14.2. The predicted molar refractivity (Wildman–Crippen MR) is 98.9 cm³/mol. The first kappa shape index (κ1) is 15.6. The number of carbonyl (C=O) groups excluding carboxylic acids is 1. The van der Waals surface area contributed by atoms with Gasteiger partial charge in [-0.1, -0.05) is 54.6 Å². The Bertz CT molecular complexity index is 920. The van der Waals surface area contributed by atoms with Gasteiger partial charge in [0.1, 0.15) is 5.75 Å². The highest BCUT2D eigenvalue weighted by atomic mass is 32.1. The molecule has 0 radical (unpaired) electrons. The summed E-state index contributed by atoms with van der Waals surface area (Å²) >= 11 is 1.39. The topological polar surface area (TPSA) is 52.9 Å². The van der Waals surface area contributed by atoms with Crippen LogP contribution in [0.1, 0.15) is 33.3 Å². The molecule has 0 saturated heterocycles. The maximum Gasteiger partial charge on any atom is 0.284 e. The first-order chi connectivity index (χ1) is 12.2. The Morgan fingerprint density at radius 1 is 1.04 bits per heavy atom. The fraction of sp³-hybridized carbons (Fsp3) is 0.100. The standard InChI is InChI=1S/C20H16N2O2S/c23-18-10-5-4-9-15(18)17-13-16(14-7-2-1-3-8-14)21-22(17)20(24)19-11-6-12-25-19/h1-12,17,23H,13H2/t17-/m1/s1. The van der Waals surface area contributed by atoms with Gasteiger partial charge in [0.25, 0.3) is 5.91 Å². The van der Waals surface area contributed by atoms with Crippen LogP contribution in [0.2, 0.25) is 0 Å². The summed E-state index contributed by atoms with van der Waals surface area (Å²) in [5.74, 6) is 0.0372. The van der Waals surface area contributed by atoms with E-state index in [2.05, 4.69) is 5.10 Å². The largest absolute Gasteiger partial charge is 0.508 e. The Morgan fingerprint density at radius 2 is 1.80 bits per heavy atom. The fourth-order valence-electron chi connectivity index (χ4n) is 3.03. The SMILES string of the molecule is O=C(c1cccs1)N1N=C(c2ccccc2)C[C@@H]1c1ccccc1O. The molecule has 1 aliphatic heterocycles. The lowest BCUT2D eigenvalue weighted by Gasteiger charge is -2.22. The Balaban J connectivity index is 1.75. The van der Waals surface area contributed by atoms with E-state index in [-0.39, 0.29) is 17.7 Å². The Morgan fingerprint density at radius 3 is 2.52 bits per heavy atom. The smallest absolute Gasteiger partial charge is 0.284 e. The van der Waals surface area contributed by atoms with E-state index in [0.29, 0.717) is 16.9 Å². The fourth-order valence-corrected chi connectivity index (χ4v) is 3.68. The summed E-state index contributed by atoms with van der Waals surface area (Å²) < 4.78 is 0. The lowest BCUT2D eigenvalue weighted by Crippen LogP contribution is -2.26. The van der Waals surface area contributed by atoms with E-state index >= 15 is 0 Å². The third kappa shape index (κ3) is 2.94. The summed E-state index contributed by atoms with van der Waals surface area (Å²) in [6.45, 7) is 0. The number of rotatable bonds is 3. The number of thiophene rings is 1. The van der Waals surface area contributed by atoms with Gasteiger partial charge in [0, 0.05) is 12.0 Å². The second kappa shape index (κ2) is 6.53. The molecule has 1 amide bonds. The average molecular weight is 348 g/mol. The highest BCUT2D eigenvalue weighted by Crippen LogP contribution is 2.38. The number of benzene rings is 2. The van der Waals surface area contributed by atoms with Gasteiger partial charge in [-0.2, -0.15) is 5.10 Å². The summed E-state index contributed by atoms with van der Waals surface area (Å²) in [7, 11) is 0. The van der Waals surface area contributed by atoms with Gasteiger partial charge >= 0.3 is 0 Å². The van der Waals surface area contributed by atoms with Crippen LogP contribution in [0.5, 0.6) is 5.75 Å². The summed E-state index contributed by atoms with van der Waals surface area (Å²) in [6.07, 6.45) is 0.568. The van der Waals surface area contributed by atoms with Crippen LogP contribution in [-0.4, -0.2) is 21.7 Å². The Labute approximate surface area is 149 Å². The van der Waals surface area contributed by atoms with Crippen LogP contribution < -0.4 is 0 Å². The molecule has 0 unspecified atom stereocenters. The molecule has 4 nitrogen and oxygen atoms in total. The minimum Gasteiger partial charge on any atom is -0.508 e. The van der Waals surface area contributed by atoms with E-state index in [0.717, 1.165) is 11.3 Å². The number of hydrogen-bond acceptors (Lipinski definition) is 4. The molecular formula is C20H16N2O2S. The molecule has 1 atom stereocenters. The first-order valence-electron chi connectivity index (χ1n) is 8.02. The molecule has 0 aliphatic carbocycles. The highest BCUT2D eigenvalue weighted by Gasteiger charge is 2.35. The van der Waals surface area contributed by atoms with E-state index in [1.165, 1.54) is 16.3 Å². The lowest BCUT2D eigenvalue weighted by atomic mass is 9.97. The normalized spacial score (nSPS) is 16.7. The van der Waals surface area contributed by atoms with Gasteiger partial charge in [-0.25, -0.2) is 5.01 Å². The minimum absolute atomic E-state index is 0.144. The minimum atomic E-state index is -0.314. The van der Waals surface area contributed by atoms with Gasteiger partial charge in [0.15, 0.2) is 0 Å². The van der Waals surface area contributed by atoms with Crippen LogP contribution in [-0.2, 0) is 0 Å². The molecule has 4 rings (SSSR count). The van der Waals surface area contributed by atoms with Gasteiger partial charge in [-0.05, 0) is 23.1 Å². The van der Waals surface area contributed by atoms with Crippen LogP contribution in [0.4, 0.5) is 0 Å². The highest BCUT2D eigenvalue weighted by molar-refractivity contribution is 7.12. The summed E-state index contributed by atoms with van der Waals surface area (Å²) in [5, 5.41) is 18.3. The van der Waals surface area contributed by atoms with Crippen molar-refractivity contribution in [1.29, 1.82) is 0 Å². The second-order valence-electron chi connectivity index (χ2n) is 5.82. The van der Waals surface area contributed by atoms with E-state index in [4.69, 9.17) is 0 Å². The van der Waals surface area contributed by atoms with Crippen molar-refractivity contribution >= 4 is 23.0 Å². The molecule has 0 bridgehead atoms. The number of nitrogens with zero attached hydrogens (tertiary/aromatic N) is 2. The predicted octanol–water partition coefficient (Wildman–Crippen LogP) is 4.45. The van der Waals surface area contributed by atoms with Crippen molar-refractivity contribution in [3.8, 4) is 5.75 Å². The van der Waals surface area contributed by atoms with Gasteiger partial charge in [-0.15, -0.1) is 11.3 Å². The molecule has 2 aromatic carbocycles. The number of phenols is 1. The maximum absolute atomic E-state index is 12.9. The number of carbonyl (C=O) groups is 1. The molecule has 0 spiro atoms.